The van der Waals surface area contributed by atoms with Gasteiger partial charge in [0, 0.05) is 12.2 Å². The van der Waals surface area contributed by atoms with E-state index in [-0.39, 0.29) is 0 Å². The molecule has 0 bridgehead atoms. The second-order valence-electron chi connectivity index (χ2n) is 5.04. The zero-order valence-electron chi connectivity index (χ0n) is 10.3. The molecule has 2 rings (SSSR count). The molecule has 1 aromatic heterocycles. The molecule has 0 aromatic carbocycles. The van der Waals surface area contributed by atoms with Gasteiger partial charge in [0.05, 0.1) is 17.8 Å². The van der Waals surface area contributed by atoms with E-state index < -0.39 is 5.60 Å². The highest BCUT2D eigenvalue weighted by molar-refractivity contribution is 5.22. The molecule has 4 heteroatoms. The zero-order valence-corrected chi connectivity index (χ0v) is 10.3. The average Bonchev–Trinajstić information content (AvgIpc) is 3.06. The quantitative estimate of drug-likeness (QED) is 0.797. The molecule has 0 amide bonds. The van der Waals surface area contributed by atoms with Crippen molar-refractivity contribution in [2.45, 2.75) is 45.8 Å². The molecule has 4 nitrogen and oxygen atoms in total. The van der Waals surface area contributed by atoms with Crippen molar-refractivity contribution in [3.63, 3.8) is 0 Å². The van der Waals surface area contributed by atoms with Crippen molar-refractivity contribution in [3.05, 3.63) is 17.0 Å². The van der Waals surface area contributed by atoms with E-state index in [0.717, 1.165) is 24.2 Å². The van der Waals surface area contributed by atoms with Crippen LogP contribution in [-0.4, -0.2) is 27.0 Å². The molecule has 1 saturated carbocycles. The summed E-state index contributed by atoms with van der Waals surface area (Å²) in [6.45, 7) is 6.94. The molecule has 0 radical (unpaired) electrons. The summed E-state index contributed by atoms with van der Waals surface area (Å²) >= 11 is 0. The van der Waals surface area contributed by atoms with Crippen LogP contribution in [0.4, 0.5) is 0 Å². The molecular weight excluding hydrogens is 202 g/mol. The van der Waals surface area contributed by atoms with Crippen molar-refractivity contribution in [1.29, 1.82) is 0 Å². The molecule has 90 valence electrons. The number of hydrogen-bond donors (Lipinski definition) is 2. The Labute approximate surface area is 96.5 Å². The van der Waals surface area contributed by atoms with Crippen LogP contribution in [0.3, 0.4) is 0 Å². The minimum Gasteiger partial charge on any atom is -0.386 e. The average molecular weight is 223 g/mol. The highest BCUT2D eigenvalue weighted by atomic mass is 16.3. The van der Waals surface area contributed by atoms with Crippen LogP contribution in [0.25, 0.3) is 0 Å². The van der Waals surface area contributed by atoms with E-state index in [1.54, 1.807) is 0 Å². The first-order chi connectivity index (χ1) is 7.48. The van der Waals surface area contributed by atoms with Crippen LogP contribution in [0.2, 0.25) is 0 Å². The number of nitrogens with zero attached hydrogens (tertiary/aromatic N) is 2. The van der Waals surface area contributed by atoms with E-state index in [9.17, 15) is 5.11 Å². The third kappa shape index (κ3) is 1.87. The van der Waals surface area contributed by atoms with Crippen LogP contribution in [0.1, 0.15) is 29.8 Å². The fourth-order valence-corrected chi connectivity index (χ4v) is 2.18. The minimum atomic E-state index is -0.768. The van der Waals surface area contributed by atoms with Crippen LogP contribution in [-0.2, 0) is 6.54 Å². The van der Waals surface area contributed by atoms with Crippen molar-refractivity contribution in [2.24, 2.45) is 11.7 Å². The summed E-state index contributed by atoms with van der Waals surface area (Å²) in [7, 11) is 0. The van der Waals surface area contributed by atoms with E-state index >= 15 is 0 Å². The number of hydrogen-bond acceptors (Lipinski definition) is 3. The first-order valence-electron chi connectivity index (χ1n) is 5.91. The fraction of sp³-hybridized carbons (Fsp3) is 0.750. The first kappa shape index (κ1) is 11.6. The minimum absolute atomic E-state index is 0.315. The van der Waals surface area contributed by atoms with Crippen molar-refractivity contribution in [2.75, 3.05) is 6.54 Å². The molecule has 1 aliphatic carbocycles. The van der Waals surface area contributed by atoms with Gasteiger partial charge in [0.1, 0.15) is 0 Å². The molecule has 1 aromatic rings. The summed E-state index contributed by atoms with van der Waals surface area (Å²) in [5.41, 5.74) is 8.30. The number of aryl methyl sites for hydroxylation is 1. The lowest BCUT2D eigenvalue weighted by Gasteiger charge is -2.26. The molecule has 3 N–H and O–H groups in total. The predicted octanol–water partition coefficient (Wildman–Crippen LogP) is 0.908. The molecule has 0 saturated heterocycles. The zero-order chi connectivity index (χ0) is 11.9. The lowest BCUT2D eigenvalue weighted by molar-refractivity contribution is 0.00566. The molecule has 16 heavy (non-hydrogen) atoms. The highest BCUT2D eigenvalue weighted by Gasteiger charge is 2.43. The molecule has 1 heterocycles. The van der Waals surface area contributed by atoms with Crippen LogP contribution >= 0.6 is 0 Å². The van der Waals surface area contributed by atoms with Gasteiger partial charge in [0.15, 0.2) is 0 Å². The Kier molecular flexibility index (Phi) is 2.80. The largest absolute Gasteiger partial charge is 0.386 e. The molecule has 1 unspecified atom stereocenters. The maximum Gasteiger partial charge on any atom is 0.0992 e. The van der Waals surface area contributed by atoms with Gasteiger partial charge in [0.2, 0.25) is 0 Å². The van der Waals surface area contributed by atoms with Crippen LogP contribution in [0.5, 0.6) is 0 Å². The van der Waals surface area contributed by atoms with Crippen molar-refractivity contribution >= 4 is 0 Å². The SMILES string of the molecule is Cc1nn(CC(O)(CN)C2CC2)c(C)c1C. The van der Waals surface area contributed by atoms with Gasteiger partial charge in [-0.2, -0.15) is 5.10 Å². The Hall–Kier alpha value is -0.870. The molecule has 1 fully saturated rings. The van der Waals surface area contributed by atoms with Crippen LogP contribution in [0.15, 0.2) is 0 Å². The Morgan fingerprint density at radius 2 is 2.06 bits per heavy atom. The second-order valence-corrected chi connectivity index (χ2v) is 5.04. The van der Waals surface area contributed by atoms with E-state index in [2.05, 4.69) is 12.0 Å². The van der Waals surface area contributed by atoms with Crippen molar-refractivity contribution < 1.29 is 5.11 Å². The number of aromatic nitrogens is 2. The van der Waals surface area contributed by atoms with Gasteiger partial charge in [0.25, 0.3) is 0 Å². The molecule has 0 aliphatic heterocycles. The van der Waals surface area contributed by atoms with Gasteiger partial charge in [-0.1, -0.05) is 0 Å². The van der Waals surface area contributed by atoms with Gasteiger partial charge < -0.3 is 10.8 Å². The standard InChI is InChI=1S/C12H21N3O/c1-8-9(2)14-15(10(8)3)7-12(16,6-13)11-4-5-11/h11,16H,4-7,13H2,1-3H3. The molecule has 1 aliphatic rings. The topological polar surface area (TPSA) is 64.1 Å². The molecule has 1 atom stereocenters. The van der Waals surface area contributed by atoms with Crippen LogP contribution < -0.4 is 5.73 Å². The third-order valence-electron chi connectivity index (χ3n) is 3.86. The van der Waals surface area contributed by atoms with E-state index in [1.807, 2.05) is 18.5 Å². The highest BCUT2D eigenvalue weighted by Crippen LogP contribution is 2.40. The normalized spacial score (nSPS) is 19.8. The maximum absolute atomic E-state index is 10.5. The Bertz CT molecular complexity index is 395. The summed E-state index contributed by atoms with van der Waals surface area (Å²) in [6, 6.07) is 0. The van der Waals surface area contributed by atoms with Gasteiger partial charge in [-0.3, -0.25) is 4.68 Å². The van der Waals surface area contributed by atoms with E-state index in [4.69, 9.17) is 5.73 Å². The summed E-state index contributed by atoms with van der Waals surface area (Å²) < 4.78 is 1.90. The van der Waals surface area contributed by atoms with E-state index in [1.165, 1.54) is 5.56 Å². The summed E-state index contributed by atoms with van der Waals surface area (Å²) in [5.74, 6) is 0.363. The molecule has 0 spiro atoms. The van der Waals surface area contributed by atoms with E-state index in [0.29, 0.717) is 19.0 Å². The number of rotatable bonds is 4. The predicted molar refractivity (Wildman–Crippen MR) is 63.2 cm³/mol. The second kappa shape index (κ2) is 3.86. The number of nitrogens with two attached hydrogens (primary N) is 1. The smallest absolute Gasteiger partial charge is 0.0992 e. The van der Waals surface area contributed by atoms with Crippen molar-refractivity contribution in [3.8, 4) is 0 Å². The lowest BCUT2D eigenvalue weighted by Crippen LogP contribution is -2.44. The Morgan fingerprint density at radius 1 is 1.44 bits per heavy atom. The monoisotopic (exact) mass is 223 g/mol. The molecular formula is C12H21N3O. The van der Waals surface area contributed by atoms with Gasteiger partial charge in [-0.15, -0.1) is 0 Å². The van der Waals surface area contributed by atoms with Gasteiger partial charge >= 0.3 is 0 Å². The van der Waals surface area contributed by atoms with Gasteiger partial charge in [-0.25, -0.2) is 0 Å². The Morgan fingerprint density at radius 3 is 2.44 bits per heavy atom. The fourth-order valence-electron chi connectivity index (χ4n) is 2.18. The summed E-state index contributed by atoms with van der Waals surface area (Å²) in [4.78, 5) is 0. The Balaban J connectivity index is 2.22. The lowest BCUT2D eigenvalue weighted by atomic mass is 9.98. The van der Waals surface area contributed by atoms with Gasteiger partial charge in [-0.05, 0) is 45.1 Å². The summed E-state index contributed by atoms with van der Waals surface area (Å²) in [5, 5.41) is 14.9. The third-order valence-corrected chi connectivity index (χ3v) is 3.86. The first-order valence-corrected chi connectivity index (χ1v) is 5.91. The van der Waals surface area contributed by atoms with Crippen molar-refractivity contribution in [1.82, 2.24) is 9.78 Å². The van der Waals surface area contributed by atoms with Crippen LogP contribution in [0, 0.1) is 26.7 Å². The number of aliphatic hydroxyl groups is 1. The maximum atomic E-state index is 10.5. The summed E-state index contributed by atoms with van der Waals surface area (Å²) in [6.07, 6.45) is 2.18.